The van der Waals surface area contributed by atoms with Crippen LogP contribution in [-0.4, -0.2) is 51.6 Å². The normalized spacial score (nSPS) is 15.8. The van der Waals surface area contributed by atoms with Crippen LogP contribution in [0.3, 0.4) is 0 Å². The van der Waals surface area contributed by atoms with Gasteiger partial charge in [-0.2, -0.15) is 0 Å². The van der Waals surface area contributed by atoms with Crippen molar-refractivity contribution in [1.29, 1.82) is 0 Å². The first-order valence-corrected chi connectivity index (χ1v) is 9.74. The van der Waals surface area contributed by atoms with Crippen molar-refractivity contribution in [3.8, 4) is 0 Å². The molecule has 0 spiro atoms. The summed E-state index contributed by atoms with van der Waals surface area (Å²) >= 11 is 0. The number of carbonyl (C=O) groups is 1. The molecule has 0 aromatic rings. The van der Waals surface area contributed by atoms with E-state index in [1.807, 2.05) is 0 Å². The van der Waals surface area contributed by atoms with E-state index >= 15 is 0 Å². The molecule has 0 bridgehead atoms. The Morgan fingerprint density at radius 1 is 1.04 bits per heavy atom. The number of hydrogen-bond donors (Lipinski definition) is 1. The SMILES string of the molecule is CCCC(CCC)N1CCC[N+](C(CCC)CCC)=C1C(=O)O. The maximum absolute atomic E-state index is 12.1. The summed E-state index contributed by atoms with van der Waals surface area (Å²) in [4.78, 5) is 14.3. The van der Waals surface area contributed by atoms with Crippen LogP contribution >= 0.6 is 0 Å². The second-order valence-corrected chi connectivity index (χ2v) is 6.83. The molecule has 1 rings (SSSR count). The van der Waals surface area contributed by atoms with Crippen LogP contribution in [0.5, 0.6) is 0 Å². The molecule has 0 unspecified atom stereocenters. The summed E-state index contributed by atoms with van der Waals surface area (Å²) < 4.78 is 2.22. The van der Waals surface area contributed by atoms with Gasteiger partial charge < -0.3 is 5.11 Å². The molecular formula is C19H37N2O2+. The predicted octanol–water partition coefficient (Wildman–Crippen LogP) is 4.13. The fraction of sp³-hybridized carbons (Fsp3) is 0.895. The number of carboxylic acid groups (broad SMARTS) is 1. The van der Waals surface area contributed by atoms with Crippen LogP contribution in [0, 0.1) is 0 Å². The van der Waals surface area contributed by atoms with Crippen molar-refractivity contribution in [3.63, 3.8) is 0 Å². The van der Waals surface area contributed by atoms with E-state index in [0.717, 1.165) is 70.9 Å². The minimum absolute atomic E-state index is 0.378. The molecule has 0 aliphatic carbocycles. The van der Waals surface area contributed by atoms with Crippen LogP contribution in [-0.2, 0) is 4.79 Å². The standard InChI is InChI=1S/C19H36N2O2/c1-5-10-16(11-6-2)20-14-9-15-21(18(20)19(22)23)17(12-7-3)13-8-4/h16-17H,5-15H2,1-4H3/p+1. The highest BCUT2D eigenvalue weighted by Crippen LogP contribution is 2.20. The van der Waals surface area contributed by atoms with Crippen molar-refractivity contribution in [2.45, 2.75) is 97.6 Å². The molecule has 0 saturated carbocycles. The summed E-state index contributed by atoms with van der Waals surface area (Å²) in [7, 11) is 0. The van der Waals surface area contributed by atoms with Gasteiger partial charge in [0.15, 0.2) is 0 Å². The van der Waals surface area contributed by atoms with Crippen molar-refractivity contribution in [2.24, 2.45) is 0 Å². The smallest absolute Gasteiger partial charge is 0.418 e. The zero-order chi connectivity index (χ0) is 17.2. The van der Waals surface area contributed by atoms with Crippen molar-refractivity contribution in [3.05, 3.63) is 0 Å². The van der Waals surface area contributed by atoms with Gasteiger partial charge in [0.25, 0.3) is 0 Å². The van der Waals surface area contributed by atoms with Crippen LogP contribution in [0.2, 0.25) is 0 Å². The van der Waals surface area contributed by atoms with Gasteiger partial charge in [-0.1, -0.05) is 53.4 Å². The molecule has 1 N–H and O–H groups in total. The average molecular weight is 326 g/mol. The predicted molar refractivity (Wildman–Crippen MR) is 96.3 cm³/mol. The lowest BCUT2D eigenvalue weighted by molar-refractivity contribution is -0.577. The third-order valence-electron chi connectivity index (χ3n) is 4.90. The van der Waals surface area contributed by atoms with Gasteiger partial charge in [0, 0.05) is 6.42 Å². The molecule has 1 heterocycles. The molecule has 0 radical (unpaired) electrons. The van der Waals surface area contributed by atoms with E-state index in [-0.39, 0.29) is 0 Å². The summed E-state index contributed by atoms with van der Waals surface area (Å²) in [6.45, 7) is 10.6. The monoisotopic (exact) mass is 325 g/mol. The fourth-order valence-electron chi connectivity index (χ4n) is 3.99. The average Bonchev–Trinajstić information content (AvgIpc) is 2.53. The van der Waals surface area contributed by atoms with E-state index in [1.54, 1.807) is 0 Å². The molecular weight excluding hydrogens is 288 g/mol. The third-order valence-corrected chi connectivity index (χ3v) is 4.90. The van der Waals surface area contributed by atoms with Gasteiger partial charge in [-0.05, 0) is 25.7 Å². The summed E-state index contributed by atoms with van der Waals surface area (Å²) in [5.74, 6) is -0.158. The van der Waals surface area contributed by atoms with E-state index in [4.69, 9.17) is 0 Å². The zero-order valence-corrected chi connectivity index (χ0v) is 15.7. The molecule has 0 aromatic heterocycles. The van der Waals surface area contributed by atoms with Crippen LogP contribution in [0.4, 0.5) is 0 Å². The maximum Gasteiger partial charge on any atom is 0.418 e. The largest absolute Gasteiger partial charge is 0.472 e. The highest BCUT2D eigenvalue weighted by molar-refractivity contribution is 6.32. The topological polar surface area (TPSA) is 43.5 Å². The Balaban J connectivity index is 3.19. The van der Waals surface area contributed by atoms with Gasteiger partial charge in [0.1, 0.15) is 0 Å². The Bertz CT molecular complexity index is 381. The molecule has 1 aliphatic rings. The van der Waals surface area contributed by atoms with Gasteiger partial charge in [0.2, 0.25) is 0 Å². The Kier molecular flexibility index (Phi) is 9.27. The molecule has 4 heteroatoms. The first-order valence-electron chi connectivity index (χ1n) is 9.74. The summed E-state index contributed by atoms with van der Waals surface area (Å²) in [6.07, 6.45) is 9.88. The Labute approximate surface area is 142 Å². The van der Waals surface area contributed by atoms with E-state index < -0.39 is 5.97 Å². The molecule has 0 amide bonds. The van der Waals surface area contributed by atoms with Crippen LogP contribution < -0.4 is 0 Å². The van der Waals surface area contributed by atoms with Crippen LogP contribution in [0.15, 0.2) is 0 Å². The molecule has 0 fully saturated rings. The Morgan fingerprint density at radius 3 is 2.00 bits per heavy atom. The number of amidine groups is 1. The van der Waals surface area contributed by atoms with Gasteiger partial charge >= 0.3 is 11.8 Å². The first kappa shape index (κ1) is 20.0. The van der Waals surface area contributed by atoms with Crippen molar-refractivity contribution < 1.29 is 14.5 Å². The quantitative estimate of drug-likeness (QED) is 0.581. The number of rotatable bonds is 11. The van der Waals surface area contributed by atoms with Crippen molar-refractivity contribution in [2.75, 3.05) is 13.1 Å². The lowest BCUT2D eigenvalue weighted by Crippen LogP contribution is -2.54. The highest BCUT2D eigenvalue weighted by atomic mass is 16.4. The van der Waals surface area contributed by atoms with E-state index in [2.05, 4.69) is 37.2 Å². The second kappa shape index (κ2) is 10.7. The van der Waals surface area contributed by atoms with Gasteiger partial charge in [-0.3, -0.25) is 9.48 Å². The number of nitrogens with zero attached hydrogens (tertiary/aromatic N) is 2. The molecule has 0 saturated heterocycles. The lowest BCUT2D eigenvalue weighted by Gasteiger charge is -2.33. The van der Waals surface area contributed by atoms with Gasteiger partial charge in [0.05, 0.1) is 25.2 Å². The maximum atomic E-state index is 12.1. The Hall–Kier alpha value is -1.06. The molecule has 23 heavy (non-hydrogen) atoms. The van der Waals surface area contributed by atoms with Crippen molar-refractivity contribution in [1.82, 2.24) is 4.90 Å². The minimum Gasteiger partial charge on any atom is -0.472 e. The lowest BCUT2D eigenvalue weighted by atomic mass is 10.0. The molecule has 4 nitrogen and oxygen atoms in total. The first-order chi connectivity index (χ1) is 11.1. The molecule has 0 atom stereocenters. The van der Waals surface area contributed by atoms with E-state index in [9.17, 15) is 9.90 Å². The fourth-order valence-corrected chi connectivity index (χ4v) is 3.99. The Morgan fingerprint density at radius 2 is 1.57 bits per heavy atom. The van der Waals surface area contributed by atoms with Gasteiger partial charge in [-0.15, -0.1) is 0 Å². The third kappa shape index (κ3) is 5.50. The zero-order valence-electron chi connectivity index (χ0n) is 15.7. The summed E-state index contributed by atoms with van der Waals surface area (Å²) in [5, 5.41) is 9.93. The van der Waals surface area contributed by atoms with Crippen LogP contribution in [0.1, 0.15) is 85.5 Å². The summed E-state index contributed by atoms with van der Waals surface area (Å²) in [5.41, 5.74) is 0. The highest BCUT2D eigenvalue weighted by Gasteiger charge is 2.39. The minimum atomic E-state index is -0.737. The molecule has 134 valence electrons. The van der Waals surface area contributed by atoms with Gasteiger partial charge in [-0.25, -0.2) is 4.79 Å². The number of aliphatic carboxylic acids is 1. The number of carboxylic acids is 1. The van der Waals surface area contributed by atoms with E-state index in [0.29, 0.717) is 17.9 Å². The van der Waals surface area contributed by atoms with E-state index in [1.165, 1.54) is 0 Å². The van der Waals surface area contributed by atoms with Crippen molar-refractivity contribution >= 4 is 11.8 Å². The second-order valence-electron chi connectivity index (χ2n) is 6.83. The number of hydrogen-bond acceptors (Lipinski definition) is 2. The summed E-state index contributed by atoms with van der Waals surface area (Å²) in [6, 6.07) is 0.755. The molecule has 0 aromatic carbocycles. The van der Waals surface area contributed by atoms with Crippen LogP contribution in [0.25, 0.3) is 0 Å². The molecule has 1 aliphatic heterocycles.